The van der Waals surface area contributed by atoms with Crippen LogP contribution in [0.3, 0.4) is 0 Å². The third kappa shape index (κ3) is 5.61. The minimum absolute atomic E-state index is 0.0225. The second kappa shape index (κ2) is 10.4. The first kappa shape index (κ1) is 24.6. The average Bonchev–Trinajstić information content (AvgIpc) is 3.37. The number of nitrogens with zero attached hydrogens (tertiary/aromatic N) is 1. The molecule has 8 heteroatoms. The van der Waals surface area contributed by atoms with Crippen LogP contribution >= 0.6 is 0 Å². The molecule has 3 aromatic rings. The number of benzene rings is 3. The van der Waals surface area contributed by atoms with Crippen LogP contribution in [0.25, 0.3) is 0 Å². The fourth-order valence-corrected chi connectivity index (χ4v) is 5.26. The van der Waals surface area contributed by atoms with Gasteiger partial charge >= 0.3 is 0 Å². The van der Waals surface area contributed by atoms with Crippen molar-refractivity contribution < 1.29 is 22.7 Å². The summed E-state index contributed by atoms with van der Waals surface area (Å²) in [7, 11) is -2.10. The number of methoxy groups -OCH3 is 1. The van der Waals surface area contributed by atoms with E-state index in [1.807, 2.05) is 29.2 Å². The van der Waals surface area contributed by atoms with Crippen molar-refractivity contribution in [3.63, 3.8) is 0 Å². The molecule has 1 unspecified atom stereocenters. The van der Waals surface area contributed by atoms with Crippen LogP contribution in [0.5, 0.6) is 5.75 Å². The lowest BCUT2D eigenvalue weighted by Crippen LogP contribution is -2.30. The Balaban J connectivity index is 1.40. The van der Waals surface area contributed by atoms with Crippen LogP contribution < -0.4 is 9.46 Å². The predicted molar refractivity (Wildman–Crippen MR) is 133 cm³/mol. The highest BCUT2D eigenvalue weighted by molar-refractivity contribution is 7.89. The monoisotopic (exact) mass is 492 g/mol. The summed E-state index contributed by atoms with van der Waals surface area (Å²) >= 11 is 0. The Hall–Kier alpha value is -3.49. The average molecular weight is 493 g/mol. The molecule has 1 heterocycles. The number of sulfonamides is 1. The first-order valence-corrected chi connectivity index (χ1v) is 12.9. The number of carbonyl (C=O) groups is 2. The fraction of sp³-hybridized carbons (Fsp3) is 0.259. The molecular weight excluding hydrogens is 464 g/mol. The second-order valence-electron chi connectivity index (χ2n) is 8.53. The van der Waals surface area contributed by atoms with Crippen LogP contribution in [0, 0.1) is 0 Å². The molecule has 1 atom stereocenters. The normalized spacial score (nSPS) is 15.7. The van der Waals surface area contributed by atoms with Gasteiger partial charge in [0.2, 0.25) is 10.0 Å². The molecule has 0 radical (unpaired) electrons. The first-order chi connectivity index (χ1) is 16.8. The molecule has 0 aromatic heterocycles. The molecule has 4 rings (SSSR count). The number of likely N-dealkylation sites (tertiary alicyclic amines) is 1. The highest BCUT2D eigenvalue weighted by Gasteiger charge is 2.30. The Morgan fingerprint density at radius 3 is 2.17 bits per heavy atom. The zero-order valence-corrected chi connectivity index (χ0v) is 20.5. The Morgan fingerprint density at radius 2 is 1.57 bits per heavy atom. The maximum atomic E-state index is 13.2. The smallest absolute Gasteiger partial charge is 0.254 e. The van der Waals surface area contributed by atoms with Gasteiger partial charge < -0.3 is 9.64 Å². The summed E-state index contributed by atoms with van der Waals surface area (Å²) in [4.78, 5) is 26.6. The van der Waals surface area contributed by atoms with Gasteiger partial charge in [-0.15, -0.1) is 0 Å². The molecule has 1 fully saturated rings. The Morgan fingerprint density at radius 1 is 0.943 bits per heavy atom. The maximum absolute atomic E-state index is 13.2. The van der Waals surface area contributed by atoms with Gasteiger partial charge in [0.1, 0.15) is 5.75 Å². The van der Waals surface area contributed by atoms with Crippen LogP contribution in [0.1, 0.15) is 57.7 Å². The lowest BCUT2D eigenvalue weighted by Gasteiger charge is -2.25. The van der Waals surface area contributed by atoms with Gasteiger partial charge in [0.05, 0.1) is 18.0 Å². The van der Waals surface area contributed by atoms with E-state index in [0.29, 0.717) is 17.7 Å². The molecule has 0 bridgehead atoms. The van der Waals surface area contributed by atoms with Crippen molar-refractivity contribution >= 4 is 21.7 Å². The summed E-state index contributed by atoms with van der Waals surface area (Å²) in [5.74, 6) is 0.616. The van der Waals surface area contributed by atoms with Gasteiger partial charge in [-0.1, -0.05) is 36.4 Å². The summed E-state index contributed by atoms with van der Waals surface area (Å²) in [6, 6.07) is 20.6. The van der Waals surface area contributed by atoms with E-state index in [4.69, 9.17) is 4.74 Å². The van der Waals surface area contributed by atoms with Crippen molar-refractivity contribution in [1.29, 1.82) is 0 Å². The van der Waals surface area contributed by atoms with E-state index < -0.39 is 10.0 Å². The molecule has 0 saturated carbocycles. The SMILES string of the molecule is COc1ccc(C2CCCN2C(=O)c2ccc(CNS(=O)(=O)c3ccc(C(C)=O)cc3)cc2)cc1. The minimum Gasteiger partial charge on any atom is -0.497 e. The summed E-state index contributed by atoms with van der Waals surface area (Å²) in [6.45, 7) is 2.21. The summed E-state index contributed by atoms with van der Waals surface area (Å²) in [5, 5.41) is 0. The van der Waals surface area contributed by atoms with E-state index in [2.05, 4.69) is 4.72 Å². The minimum atomic E-state index is -3.73. The number of Topliss-reactive ketones (excluding diaryl/α,β-unsaturated/α-hetero) is 1. The summed E-state index contributed by atoms with van der Waals surface area (Å²) < 4.78 is 33.0. The first-order valence-electron chi connectivity index (χ1n) is 11.4. The number of hydrogen-bond acceptors (Lipinski definition) is 5. The number of ketones is 1. The van der Waals surface area contributed by atoms with Crippen molar-refractivity contribution in [2.24, 2.45) is 0 Å². The molecule has 7 nitrogen and oxygen atoms in total. The van der Waals surface area contributed by atoms with Gasteiger partial charge in [0.25, 0.3) is 5.91 Å². The van der Waals surface area contributed by atoms with Gasteiger partial charge in [-0.2, -0.15) is 0 Å². The number of nitrogens with one attached hydrogen (secondary N) is 1. The van der Waals surface area contributed by atoms with E-state index >= 15 is 0 Å². The van der Waals surface area contributed by atoms with Crippen molar-refractivity contribution in [2.45, 2.75) is 37.2 Å². The summed E-state index contributed by atoms with van der Waals surface area (Å²) in [5.41, 5.74) is 2.84. The molecule has 1 N–H and O–H groups in total. The number of amides is 1. The van der Waals surface area contributed by atoms with Crippen molar-refractivity contribution in [2.75, 3.05) is 13.7 Å². The van der Waals surface area contributed by atoms with Gasteiger partial charge in [-0.3, -0.25) is 9.59 Å². The van der Waals surface area contributed by atoms with Crippen LogP contribution in [0.2, 0.25) is 0 Å². The molecule has 1 aliphatic heterocycles. The zero-order chi connectivity index (χ0) is 25.0. The number of carbonyl (C=O) groups excluding carboxylic acids is 2. The zero-order valence-electron chi connectivity index (χ0n) is 19.7. The second-order valence-corrected chi connectivity index (χ2v) is 10.3. The van der Waals surface area contributed by atoms with Gasteiger partial charge in [0.15, 0.2) is 5.78 Å². The van der Waals surface area contributed by atoms with Crippen LogP contribution in [-0.4, -0.2) is 38.7 Å². The third-order valence-electron chi connectivity index (χ3n) is 6.25. The maximum Gasteiger partial charge on any atom is 0.254 e. The van der Waals surface area contributed by atoms with E-state index in [9.17, 15) is 18.0 Å². The highest BCUT2D eigenvalue weighted by Crippen LogP contribution is 2.34. The Bertz CT molecular complexity index is 1300. The largest absolute Gasteiger partial charge is 0.497 e. The van der Waals surface area contributed by atoms with Gasteiger partial charge in [-0.05, 0) is 67.3 Å². The molecule has 0 spiro atoms. The van der Waals surface area contributed by atoms with E-state index in [-0.39, 0.29) is 29.2 Å². The number of ether oxygens (including phenoxy) is 1. The topological polar surface area (TPSA) is 92.8 Å². The van der Waals surface area contributed by atoms with E-state index in [1.165, 1.54) is 31.2 Å². The molecule has 35 heavy (non-hydrogen) atoms. The Kier molecular flexibility index (Phi) is 7.33. The fourth-order valence-electron chi connectivity index (χ4n) is 4.24. The quantitative estimate of drug-likeness (QED) is 0.472. The van der Waals surface area contributed by atoms with Crippen LogP contribution in [-0.2, 0) is 16.6 Å². The number of hydrogen-bond donors (Lipinski definition) is 1. The van der Waals surface area contributed by atoms with Crippen molar-refractivity contribution in [3.8, 4) is 5.75 Å². The molecule has 1 amide bonds. The van der Waals surface area contributed by atoms with Crippen LogP contribution in [0.4, 0.5) is 0 Å². The molecule has 3 aromatic carbocycles. The molecule has 182 valence electrons. The van der Waals surface area contributed by atoms with Gasteiger partial charge in [0, 0.05) is 24.2 Å². The van der Waals surface area contributed by atoms with Crippen molar-refractivity contribution in [3.05, 3.63) is 95.1 Å². The van der Waals surface area contributed by atoms with E-state index in [0.717, 1.165) is 29.7 Å². The van der Waals surface area contributed by atoms with Crippen LogP contribution in [0.15, 0.2) is 77.7 Å². The summed E-state index contributed by atoms with van der Waals surface area (Å²) in [6.07, 6.45) is 1.85. The molecule has 1 aliphatic rings. The lowest BCUT2D eigenvalue weighted by atomic mass is 10.0. The third-order valence-corrected chi connectivity index (χ3v) is 7.67. The number of rotatable bonds is 8. The molecular formula is C27H28N2O5S. The molecule has 1 saturated heterocycles. The standard InChI is InChI=1S/C27H28N2O5S/c1-19(30)21-11-15-25(16-12-21)35(32,33)28-18-20-5-7-23(8-6-20)27(31)29-17-3-4-26(29)22-9-13-24(34-2)14-10-22/h5-16,26,28H,3-4,17-18H2,1-2H3. The highest BCUT2D eigenvalue weighted by atomic mass is 32.2. The predicted octanol–water partition coefficient (Wildman–Crippen LogP) is 4.35. The Labute approximate surface area is 205 Å². The lowest BCUT2D eigenvalue weighted by molar-refractivity contribution is 0.0735. The van der Waals surface area contributed by atoms with Gasteiger partial charge in [-0.25, -0.2) is 13.1 Å². The molecule has 0 aliphatic carbocycles. The van der Waals surface area contributed by atoms with Crippen molar-refractivity contribution in [1.82, 2.24) is 9.62 Å². The van der Waals surface area contributed by atoms with E-state index in [1.54, 1.807) is 31.4 Å².